The van der Waals surface area contributed by atoms with Gasteiger partial charge in [0.05, 0.1) is 29.0 Å². The monoisotopic (exact) mass is 686 g/mol. The third-order valence-corrected chi connectivity index (χ3v) is 9.15. The normalized spacial score (nSPS) is 15.1. The molecular weight excluding hydrogens is 651 g/mol. The van der Waals surface area contributed by atoms with Crippen LogP contribution in [0.4, 0.5) is 0 Å². The Kier molecular flexibility index (Phi) is 10.4. The number of hydrogen-bond acceptors (Lipinski definition) is 8. The van der Waals surface area contributed by atoms with Crippen LogP contribution >= 0.6 is 23.2 Å². The molecule has 10 nitrogen and oxygen atoms in total. The van der Waals surface area contributed by atoms with Crippen LogP contribution < -0.4 is 26.2 Å². The van der Waals surface area contributed by atoms with Gasteiger partial charge in [0, 0.05) is 84.4 Å². The number of carbonyl (C=O) groups excluding carboxylic acids is 1. The molecule has 0 aliphatic carbocycles. The van der Waals surface area contributed by atoms with Crippen molar-refractivity contribution in [1.82, 2.24) is 30.3 Å². The summed E-state index contributed by atoms with van der Waals surface area (Å²) in [7, 11) is 1.57. The lowest BCUT2D eigenvalue weighted by molar-refractivity contribution is -0.119. The quantitative estimate of drug-likeness (QED) is 0.140. The van der Waals surface area contributed by atoms with Crippen LogP contribution in [0.5, 0.6) is 5.88 Å². The summed E-state index contributed by atoms with van der Waals surface area (Å²) in [6, 6.07) is 19.1. The van der Waals surface area contributed by atoms with Crippen molar-refractivity contribution in [2.75, 3.05) is 20.2 Å². The van der Waals surface area contributed by atoms with Crippen molar-refractivity contribution < 1.29 is 14.6 Å². The van der Waals surface area contributed by atoms with Gasteiger partial charge >= 0.3 is 0 Å². The Labute approximate surface area is 288 Å². The molecule has 1 aliphatic rings. The number of hydrogen-bond donors (Lipinski definition) is 4. The topological polar surface area (TPSA) is 130 Å². The van der Waals surface area contributed by atoms with E-state index in [1.165, 1.54) is 4.40 Å². The Bertz CT molecular complexity index is 2030. The Hall–Kier alpha value is -4.32. The van der Waals surface area contributed by atoms with Crippen LogP contribution in [-0.2, 0) is 17.9 Å². The number of ether oxygens (including phenoxy) is 1. The number of nitrogens with one attached hydrogen (secondary N) is 3. The highest BCUT2D eigenvalue weighted by atomic mass is 35.5. The first-order chi connectivity index (χ1) is 23.2. The van der Waals surface area contributed by atoms with E-state index in [4.69, 9.17) is 32.9 Å². The first-order valence-electron chi connectivity index (χ1n) is 15.7. The van der Waals surface area contributed by atoms with Gasteiger partial charge in [-0.05, 0) is 37.1 Å². The summed E-state index contributed by atoms with van der Waals surface area (Å²) in [5.74, 6) is 0.532. The summed E-state index contributed by atoms with van der Waals surface area (Å²) < 4.78 is 7.09. The van der Waals surface area contributed by atoms with Crippen LogP contribution in [0.15, 0.2) is 77.9 Å². The van der Waals surface area contributed by atoms with Gasteiger partial charge in [-0.1, -0.05) is 65.7 Å². The molecule has 0 saturated carbocycles. The minimum atomic E-state index is -0.460. The molecule has 248 valence electrons. The summed E-state index contributed by atoms with van der Waals surface area (Å²) in [4.78, 5) is 34.0. The van der Waals surface area contributed by atoms with Crippen molar-refractivity contribution in [1.29, 1.82) is 0 Å². The zero-order valence-electron chi connectivity index (χ0n) is 26.6. The second-order valence-electron chi connectivity index (χ2n) is 11.8. The average Bonchev–Trinajstić information content (AvgIpc) is 3.50. The predicted molar refractivity (Wildman–Crippen MR) is 188 cm³/mol. The van der Waals surface area contributed by atoms with E-state index in [2.05, 4.69) is 20.9 Å². The van der Waals surface area contributed by atoms with E-state index in [1.54, 1.807) is 26.4 Å². The molecule has 4 heterocycles. The Morgan fingerprint density at radius 3 is 2.40 bits per heavy atom. The number of aromatic nitrogens is 3. The lowest BCUT2D eigenvalue weighted by Crippen LogP contribution is -2.36. The second kappa shape index (κ2) is 14.8. The number of benzene rings is 2. The van der Waals surface area contributed by atoms with Gasteiger partial charge in [-0.15, -0.1) is 0 Å². The number of aliphatic hydroxyl groups is 1. The smallest absolute Gasteiger partial charge is 0.262 e. The molecule has 6 rings (SSSR count). The van der Waals surface area contributed by atoms with Crippen LogP contribution in [0.25, 0.3) is 39.2 Å². The van der Waals surface area contributed by atoms with Crippen molar-refractivity contribution in [2.45, 2.75) is 45.0 Å². The molecule has 12 heteroatoms. The minimum Gasteiger partial charge on any atom is -0.481 e. The number of halogens is 2. The number of pyridine rings is 2. The number of fused-ring (bicyclic) bond motifs is 1. The van der Waals surface area contributed by atoms with Gasteiger partial charge < -0.3 is 25.8 Å². The van der Waals surface area contributed by atoms with E-state index < -0.39 is 6.10 Å². The van der Waals surface area contributed by atoms with Gasteiger partial charge in [-0.3, -0.25) is 14.0 Å². The summed E-state index contributed by atoms with van der Waals surface area (Å²) in [5, 5.41) is 19.9. The van der Waals surface area contributed by atoms with Crippen molar-refractivity contribution in [3.8, 4) is 39.4 Å². The van der Waals surface area contributed by atoms with E-state index in [9.17, 15) is 14.7 Å². The van der Waals surface area contributed by atoms with Crippen LogP contribution in [0.3, 0.4) is 0 Å². The molecule has 0 unspecified atom stereocenters. The van der Waals surface area contributed by atoms with Crippen molar-refractivity contribution >= 4 is 34.8 Å². The molecule has 0 spiro atoms. The van der Waals surface area contributed by atoms with Gasteiger partial charge in [0.1, 0.15) is 5.65 Å². The van der Waals surface area contributed by atoms with E-state index in [0.29, 0.717) is 65.4 Å². The van der Waals surface area contributed by atoms with Crippen molar-refractivity contribution in [2.24, 2.45) is 0 Å². The number of aliphatic hydroxyl groups excluding tert-OH is 1. The lowest BCUT2D eigenvalue weighted by atomic mass is 9.97. The van der Waals surface area contributed by atoms with Gasteiger partial charge in [0.25, 0.3) is 5.56 Å². The first kappa shape index (κ1) is 33.6. The lowest BCUT2D eigenvalue weighted by Gasteiger charge is -2.15. The molecule has 3 aromatic heterocycles. The van der Waals surface area contributed by atoms with Crippen molar-refractivity contribution in [3.05, 3.63) is 105 Å². The molecule has 2 aromatic carbocycles. The fourth-order valence-electron chi connectivity index (χ4n) is 5.86. The summed E-state index contributed by atoms with van der Waals surface area (Å²) >= 11 is 14.1. The molecule has 0 radical (unpaired) electrons. The first-order valence-corrected chi connectivity index (χ1v) is 16.5. The fourth-order valence-corrected chi connectivity index (χ4v) is 6.52. The number of amides is 1. The van der Waals surface area contributed by atoms with E-state index in [0.717, 1.165) is 39.8 Å². The standard InChI is InChI=1S/C36H36Cl2N6O4/c1-21(45)16-39-17-23-9-11-30(43-35(23)48-2)29-8-4-7-28(34(29)38)27-6-3-5-26(33(27)37)22-13-14-44-31(15-22)41-19-24(36(44)47)18-40-20-25-10-12-32(46)42-25/h3-9,11,13-15,19,21,25,39-40,45H,10,12,16-18,20H2,1-2H3,(H,42,46)/t21-,25-/m0/s1. The largest absolute Gasteiger partial charge is 0.481 e. The summed E-state index contributed by atoms with van der Waals surface area (Å²) in [6.45, 7) is 3.62. The van der Waals surface area contributed by atoms with Crippen LogP contribution in [0.2, 0.25) is 10.0 Å². The minimum absolute atomic E-state index is 0.0614. The second-order valence-corrected chi connectivity index (χ2v) is 12.6. The molecule has 48 heavy (non-hydrogen) atoms. The van der Waals surface area contributed by atoms with E-state index >= 15 is 0 Å². The number of nitrogens with zero attached hydrogens (tertiary/aromatic N) is 3. The highest BCUT2D eigenvalue weighted by Crippen LogP contribution is 2.42. The van der Waals surface area contributed by atoms with Gasteiger partial charge in [-0.2, -0.15) is 0 Å². The molecular formula is C36H36Cl2N6O4. The third-order valence-electron chi connectivity index (χ3n) is 8.33. The maximum absolute atomic E-state index is 13.2. The number of methoxy groups -OCH3 is 1. The highest BCUT2D eigenvalue weighted by Gasteiger charge is 2.21. The van der Waals surface area contributed by atoms with E-state index in [-0.39, 0.29) is 17.5 Å². The Morgan fingerprint density at radius 2 is 1.69 bits per heavy atom. The van der Waals surface area contributed by atoms with Crippen molar-refractivity contribution in [3.63, 3.8) is 0 Å². The molecule has 2 atom stereocenters. The zero-order chi connectivity index (χ0) is 33.8. The van der Waals surface area contributed by atoms with Crippen LogP contribution in [0, 0.1) is 0 Å². The molecule has 1 fully saturated rings. The summed E-state index contributed by atoms with van der Waals surface area (Å²) in [5.41, 5.74) is 6.17. The Balaban J connectivity index is 1.25. The molecule has 0 bridgehead atoms. The zero-order valence-corrected chi connectivity index (χ0v) is 28.1. The number of carbonyl (C=O) groups is 1. The molecule has 4 N–H and O–H groups in total. The Morgan fingerprint density at radius 1 is 0.979 bits per heavy atom. The van der Waals surface area contributed by atoms with Crippen LogP contribution in [-0.4, -0.2) is 57.7 Å². The highest BCUT2D eigenvalue weighted by molar-refractivity contribution is 6.39. The maximum atomic E-state index is 13.2. The average molecular weight is 688 g/mol. The van der Waals surface area contributed by atoms with Crippen LogP contribution in [0.1, 0.15) is 30.9 Å². The predicted octanol–water partition coefficient (Wildman–Crippen LogP) is 5.24. The van der Waals surface area contributed by atoms with Gasteiger partial charge in [-0.25, -0.2) is 9.97 Å². The van der Waals surface area contributed by atoms with Gasteiger partial charge in [0.15, 0.2) is 0 Å². The van der Waals surface area contributed by atoms with E-state index in [1.807, 2.05) is 60.7 Å². The molecule has 5 aromatic rings. The number of rotatable bonds is 12. The SMILES string of the molecule is COc1nc(-c2cccc(-c3cccc(-c4ccn5c(=O)c(CNC[C@@H]6CCC(=O)N6)cnc5c4)c3Cl)c2Cl)ccc1CNC[C@H](C)O. The van der Waals surface area contributed by atoms with Gasteiger partial charge in [0.2, 0.25) is 11.8 Å². The molecule has 1 amide bonds. The fraction of sp³-hybridized carbons (Fsp3) is 0.278. The maximum Gasteiger partial charge on any atom is 0.262 e. The molecule has 1 saturated heterocycles. The third kappa shape index (κ3) is 7.23. The molecule has 1 aliphatic heterocycles. The summed E-state index contributed by atoms with van der Waals surface area (Å²) in [6.07, 6.45) is 4.16.